The highest BCUT2D eigenvalue weighted by Crippen LogP contribution is 2.05. The lowest BCUT2D eigenvalue weighted by atomic mass is 10.1. The number of carbonyl (C=O) groups is 2. The van der Waals surface area contributed by atoms with Crippen LogP contribution in [-0.2, 0) is 14.3 Å². The van der Waals surface area contributed by atoms with Gasteiger partial charge in [-0.25, -0.2) is 0 Å². The van der Waals surface area contributed by atoms with Gasteiger partial charge in [-0.2, -0.15) is 0 Å². The van der Waals surface area contributed by atoms with Crippen LogP contribution in [0.5, 0.6) is 0 Å². The molecule has 1 fully saturated rings. The number of halogens is 2. The molecule has 1 atom stereocenters. The Bertz CT molecular complexity index is 340. The van der Waals surface area contributed by atoms with Gasteiger partial charge in [-0.05, 0) is 6.42 Å². The zero-order chi connectivity index (χ0) is 15.7. The van der Waals surface area contributed by atoms with Crippen LogP contribution in [0.3, 0.4) is 0 Å². The van der Waals surface area contributed by atoms with Crippen LogP contribution >= 0.6 is 24.8 Å². The number of nitrogens with zero attached hydrogens (tertiary/aromatic N) is 2. The predicted octanol–water partition coefficient (Wildman–Crippen LogP) is -0.136. The van der Waals surface area contributed by atoms with Gasteiger partial charge in [0.2, 0.25) is 11.8 Å². The Kier molecular flexibility index (Phi) is 14.8. The number of rotatable bonds is 8. The second-order valence-electron chi connectivity index (χ2n) is 5.34. The highest BCUT2D eigenvalue weighted by molar-refractivity contribution is 5.85. The van der Waals surface area contributed by atoms with E-state index >= 15 is 0 Å². The van der Waals surface area contributed by atoms with Gasteiger partial charge in [-0.15, -0.1) is 24.8 Å². The molecule has 1 heterocycles. The summed E-state index contributed by atoms with van der Waals surface area (Å²) in [6.07, 6.45) is 1.63. The van der Waals surface area contributed by atoms with Gasteiger partial charge in [0, 0.05) is 39.8 Å². The Morgan fingerprint density at radius 1 is 1.22 bits per heavy atom. The number of ether oxygens (including phenoxy) is 1. The highest BCUT2D eigenvalue weighted by Gasteiger charge is 2.25. The second kappa shape index (κ2) is 13.8. The van der Waals surface area contributed by atoms with E-state index in [1.807, 2.05) is 6.92 Å². The lowest BCUT2D eigenvalue weighted by Crippen LogP contribution is -2.54. The molecule has 1 rings (SSSR count). The molecule has 3 N–H and O–H groups in total. The van der Waals surface area contributed by atoms with Crippen LogP contribution in [0.25, 0.3) is 0 Å². The molecule has 0 radical (unpaired) electrons. The summed E-state index contributed by atoms with van der Waals surface area (Å²) in [5.41, 5.74) is 5.86. The monoisotopic (exact) mass is 372 g/mol. The van der Waals surface area contributed by atoms with E-state index in [9.17, 15) is 9.59 Å². The van der Waals surface area contributed by atoms with Gasteiger partial charge in [-0.3, -0.25) is 14.5 Å². The van der Waals surface area contributed by atoms with Gasteiger partial charge in [0.25, 0.3) is 0 Å². The van der Waals surface area contributed by atoms with Crippen LogP contribution < -0.4 is 11.1 Å². The maximum absolute atomic E-state index is 12.1. The molecular weight excluding hydrogens is 343 g/mol. The topological polar surface area (TPSA) is 87.9 Å². The molecule has 0 saturated carbocycles. The molecule has 23 heavy (non-hydrogen) atoms. The SMILES string of the molecule is CCCC(N)C(=O)N1CCN(CC(=O)NCCOC)CC1.Cl.Cl. The average molecular weight is 373 g/mol. The van der Waals surface area contributed by atoms with Crippen LogP contribution in [0.1, 0.15) is 19.8 Å². The van der Waals surface area contributed by atoms with Crippen molar-refractivity contribution >= 4 is 36.6 Å². The van der Waals surface area contributed by atoms with Gasteiger partial charge in [-0.1, -0.05) is 13.3 Å². The largest absolute Gasteiger partial charge is 0.383 e. The molecule has 1 aliphatic rings. The number of piperazine rings is 1. The maximum atomic E-state index is 12.1. The minimum absolute atomic E-state index is 0. The van der Waals surface area contributed by atoms with Gasteiger partial charge in [0.15, 0.2) is 0 Å². The number of carbonyl (C=O) groups excluding carboxylic acids is 2. The Balaban J connectivity index is 0. The molecule has 138 valence electrons. The molecule has 1 aliphatic heterocycles. The fraction of sp³-hybridized carbons (Fsp3) is 0.857. The van der Waals surface area contributed by atoms with Gasteiger partial charge < -0.3 is 20.7 Å². The van der Waals surface area contributed by atoms with Crippen molar-refractivity contribution in [1.82, 2.24) is 15.1 Å². The standard InChI is InChI=1S/C14H28N4O3.2ClH/c1-3-4-12(15)14(20)18-8-6-17(7-9-18)11-13(19)16-5-10-21-2;;/h12H,3-11,15H2,1-2H3,(H,16,19);2*1H. The molecular formula is C14H30Cl2N4O3. The van der Waals surface area contributed by atoms with E-state index in [2.05, 4.69) is 10.2 Å². The second-order valence-corrected chi connectivity index (χ2v) is 5.34. The smallest absolute Gasteiger partial charge is 0.239 e. The Hall–Kier alpha value is -0.600. The number of methoxy groups -OCH3 is 1. The fourth-order valence-electron chi connectivity index (χ4n) is 2.35. The van der Waals surface area contributed by atoms with Crippen molar-refractivity contribution in [2.75, 3.05) is 53.0 Å². The van der Waals surface area contributed by atoms with Crippen molar-refractivity contribution in [1.29, 1.82) is 0 Å². The van der Waals surface area contributed by atoms with E-state index in [0.717, 1.165) is 12.8 Å². The fourth-order valence-corrected chi connectivity index (χ4v) is 2.35. The number of nitrogens with two attached hydrogens (primary N) is 1. The van der Waals surface area contributed by atoms with Gasteiger partial charge in [0.05, 0.1) is 19.2 Å². The van der Waals surface area contributed by atoms with Crippen LogP contribution in [0.15, 0.2) is 0 Å². The van der Waals surface area contributed by atoms with Gasteiger partial charge >= 0.3 is 0 Å². The summed E-state index contributed by atoms with van der Waals surface area (Å²) >= 11 is 0. The number of hydrogen-bond donors (Lipinski definition) is 2. The van der Waals surface area contributed by atoms with Crippen LogP contribution in [-0.4, -0.2) is 80.6 Å². The summed E-state index contributed by atoms with van der Waals surface area (Å²) in [5.74, 6) is 0.0237. The molecule has 0 aromatic heterocycles. The molecule has 9 heteroatoms. The molecule has 1 saturated heterocycles. The molecule has 7 nitrogen and oxygen atoms in total. The molecule has 0 bridgehead atoms. The van der Waals surface area contributed by atoms with Crippen molar-refractivity contribution in [2.24, 2.45) is 5.73 Å². The van der Waals surface area contributed by atoms with Crippen LogP contribution in [0, 0.1) is 0 Å². The lowest BCUT2D eigenvalue weighted by Gasteiger charge is -2.35. The molecule has 0 aromatic rings. The van der Waals surface area contributed by atoms with E-state index in [1.54, 1.807) is 12.0 Å². The first-order valence-electron chi connectivity index (χ1n) is 7.60. The normalized spacial score (nSPS) is 16.0. The summed E-state index contributed by atoms with van der Waals surface area (Å²) in [6.45, 7) is 6.14. The highest BCUT2D eigenvalue weighted by atomic mass is 35.5. The van der Waals surface area contributed by atoms with E-state index in [-0.39, 0.29) is 42.7 Å². The zero-order valence-electron chi connectivity index (χ0n) is 14.0. The average Bonchev–Trinajstić information content (AvgIpc) is 2.48. The number of amides is 2. The summed E-state index contributed by atoms with van der Waals surface area (Å²) in [6, 6.07) is -0.390. The first-order valence-corrected chi connectivity index (χ1v) is 7.60. The minimum Gasteiger partial charge on any atom is -0.383 e. The van der Waals surface area contributed by atoms with Crippen molar-refractivity contribution in [3.8, 4) is 0 Å². The maximum Gasteiger partial charge on any atom is 0.239 e. The van der Waals surface area contributed by atoms with Crippen molar-refractivity contribution in [2.45, 2.75) is 25.8 Å². The summed E-state index contributed by atoms with van der Waals surface area (Å²) in [4.78, 5) is 27.6. The first-order chi connectivity index (χ1) is 10.1. The minimum atomic E-state index is -0.390. The van der Waals surface area contributed by atoms with Crippen LogP contribution in [0.4, 0.5) is 0 Å². The van der Waals surface area contributed by atoms with Crippen molar-refractivity contribution in [3.05, 3.63) is 0 Å². The number of hydrogen-bond acceptors (Lipinski definition) is 5. The Morgan fingerprint density at radius 3 is 2.35 bits per heavy atom. The number of nitrogens with one attached hydrogen (secondary N) is 1. The van der Waals surface area contributed by atoms with E-state index in [1.165, 1.54) is 0 Å². The quantitative estimate of drug-likeness (QED) is 0.579. The zero-order valence-corrected chi connectivity index (χ0v) is 15.6. The molecule has 0 aromatic carbocycles. The Morgan fingerprint density at radius 2 is 1.83 bits per heavy atom. The third kappa shape index (κ3) is 9.32. The third-order valence-electron chi connectivity index (χ3n) is 3.60. The Labute approximate surface area is 151 Å². The summed E-state index contributed by atoms with van der Waals surface area (Å²) < 4.78 is 4.88. The molecule has 0 aliphatic carbocycles. The molecule has 1 unspecified atom stereocenters. The van der Waals surface area contributed by atoms with Crippen molar-refractivity contribution < 1.29 is 14.3 Å². The van der Waals surface area contributed by atoms with Gasteiger partial charge in [0.1, 0.15) is 0 Å². The molecule has 2 amide bonds. The van der Waals surface area contributed by atoms with E-state index in [0.29, 0.717) is 45.9 Å². The first kappa shape index (κ1) is 24.6. The molecule has 0 spiro atoms. The third-order valence-corrected chi connectivity index (χ3v) is 3.60. The lowest BCUT2D eigenvalue weighted by molar-refractivity contribution is -0.134. The van der Waals surface area contributed by atoms with E-state index in [4.69, 9.17) is 10.5 Å². The van der Waals surface area contributed by atoms with Crippen LogP contribution in [0.2, 0.25) is 0 Å². The van der Waals surface area contributed by atoms with Crippen molar-refractivity contribution in [3.63, 3.8) is 0 Å². The summed E-state index contributed by atoms with van der Waals surface area (Å²) in [5, 5.41) is 2.79. The van der Waals surface area contributed by atoms with E-state index < -0.39 is 0 Å². The summed E-state index contributed by atoms with van der Waals surface area (Å²) in [7, 11) is 1.60. The predicted molar refractivity (Wildman–Crippen MR) is 95.3 cm³/mol.